The second-order valence-corrected chi connectivity index (χ2v) is 6.99. The second kappa shape index (κ2) is 8.25. The molecular weight excluding hydrogens is 323 g/mol. The highest BCUT2D eigenvalue weighted by atomic mass is 19.1. The van der Waals surface area contributed by atoms with Crippen LogP contribution in [0.2, 0.25) is 0 Å². The van der Waals surface area contributed by atoms with Gasteiger partial charge in [-0.15, -0.1) is 0 Å². The van der Waals surface area contributed by atoms with E-state index in [1.807, 2.05) is 0 Å². The summed E-state index contributed by atoms with van der Waals surface area (Å²) in [6.45, 7) is 2.50. The first-order valence-corrected chi connectivity index (χ1v) is 9.09. The van der Waals surface area contributed by atoms with E-state index < -0.39 is 11.9 Å². The third-order valence-corrected chi connectivity index (χ3v) is 5.52. The van der Waals surface area contributed by atoms with Crippen molar-refractivity contribution in [2.45, 2.75) is 43.9 Å². The molecule has 0 bridgehead atoms. The van der Waals surface area contributed by atoms with Crippen molar-refractivity contribution in [1.82, 2.24) is 9.80 Å². The van der Waals surface area contributed by atoms with E-state index in [9.17, 15) is 14.3 Å². The molecule has 0 aromatic heterocycles. The number of nitrogens with zero attached hydrogens (tertiary/aromatic N) is 2. The Morgan fingerprint density at radius 1 is 1.20 bits per heavy atom. The molecule has 1 aromatic carbocycles. The Kier molecular flexibility index (Phi) is 6.04. The van der Waals surface area contributed by atoms with Crippen LogP contribution in [-0.4, -0.2) is 72.4 Å². The smallest absolute Gasteiger partial charge is 0.256 e. The van der Waals surface area contributed by atoms with Crippen molar-refractivity contribution in [3.63, 3.8) is 0 Å². The topological polar surface area (TPSA) is 53.0 Å². The molecule has 2 aliphatic rings. The first-order valence-electron chi connectivity index (χ1n) is 9.09. The molecule has 0 radical (unpaired) electrons. The van der Waals surface area contributed by atoms with Crippen molar-refractivity contribution >= 4 is 5.91 Å². The summed E-state index contributed by atoms with van der Waals surface area (Å²) in [6.07, 6.45) is 2.66. The number of rotatable bonds is 3. The quantitative estimate of drug-likeness (QED) is 0.905. The van der Waals surface area contributed by atoms with E-state index in [0.717, 1.165) is 26.1 Å². The number of likely N-dealkylation sites (N-methyl/N-ethyl adjacent to an activating group) is 1. The minimum atomic E-state index is -0.492. The molecule has 5 nitrogen and oxygen atoms in total. The van der Waals surface area contributed by atoms with E-state index in [4.69, 9.17) is 4.74 Å². The highest BCUT2D eigenvalue weighted by molar-refractivity contribution is 5.94. The summed E-state index contributed by atoms with van der Waals surface area (Å²) in [5, 5.41) is 10.6. The maximum Gasteiger partial charge on any atom is 0.256 e. The predicted octanol–water partition coefficient (Wildman–Crippen LogP) is 1.90. The maximum atomic E-state index is 13.9. The third kappa shape index (κ3) is 4.19. The first-order chi connectivity index (χ1) is 12.1. The number of amides is 1. The number of carbonyl (C=O) groups is 1. The van der Waals surface area contributed by atoms with Crippen molar-refractivity contribution in [2.75, 3.05) is 33.4 Å². The van der Waals surface area contributed by atoms with Gasteiger partial charge in [0.25, 0.3) is 5.91 Å². The number of likely N-dealkylation sites (tertiary alicyclic amines) is 1. The van der Waals surface area contributed by atoms with Crippen LogP contribution in [0.3, 0.4) is 0 Å². The maximum absolute atomic E-state index is 13.9. The van der Waals surface area contributed by atoms with Crippen molar-refractivity contribution in [3.8, 4) is 0 Å². The van der Waals surface area contributed by atoms with Crippen LogP contribution in [-0.2, 0) is 4.74 Å². The summed E-state index contributed by atoms with van der Waals surface area (Å²) in [5.41, 5.74) is 0.105. The van der Waals surface area contributed by atoms with Crippen LogP contribution in [0.25, 0.3) is 0 Å². The van der Waals surface area contributed by atoms with Crippen LogP contribution in [0.15, 0.2) is 24.3 Å². The summed E-state index contributed by atoms with van der Waals surface area (Å²) in [5.74, 6) is -0.784. The average molecular weight is 350 g/mol. The van der Waals surface area contributed by atoms with Gasteiger partial charge in [-0.05, 0) is 44.9 Å². The van der Waals surface area contributed by atoms with Crippen molar-refractivity contribution in [3.05, 3.63) is 35.6 Å². The lowest BCUT2D eigenvalue weighted by atomic mass is 9.99. The van der Waals surface area contributed by atoms with Crippen molar-refractivity contribution in [1.29, 1.82) is 0 Å². The summed E-state index contributed by atoms with van der Waals surface area (Å²) in [4.78, 5) is 16.6. The molecule has 138 valence electrons. The summed E-state index contributed by atoms with van der Waals surface area (Å²) < 4.78 is 19.3. The molecule has 1 amide bonds. The first kappa shape index (κ1) is 18.3. The van der Waals surface area contributed by atoms with Crippen LogP contribution in [0, 0.1) is 5.82 Å². The van der Waals surface area contributed by atoms with Gasteiger partial charge in [0.05, 0.1) is 11.7 Å². The molecular formula is C19H27FN2O3. The van der Waals surface area contributed by atoms with Gasteiger partial charge < -0.3 is 14.7 Å². The van der Waals surface area contributed by atoms with E-state index in [-0.39, 0.29) is 17.5 Å². The van der Waals surface area contributed by atoms with E-state index in [1.54, 1.807) is 17.0 Å². The molecule has 2 saturated heterocycles. The van der Waals surface area contributed by atoms with Crippen LogP contribution < -0.4 is 0 Å². The molecule has 0 spiro atoms. The van der Waals surface area contributed by atoms with Crippen molar-refractivity contribution < 1.29 is 19.0 Å². The summed E-state index contributed by atoms with van der Waals surface area (Å²) in [7, 11) is 2.05. The molecule has 0 aliphatic carbocycles. The van der Waals surface area contributed by atoms with Gasteiger partial charge in [0.2, 0.25) is 0 Å². The number of ether oxygens (including phenoxy) is 1. The third-order valence-electron chi connectivity index (χ3n) is 5.52. The Hall–Kier alpha value is -1.50. The fourth-order valence-electron chi connectivity index (χ4n) is 3.92. The van der Waals surface area contributed by atoms with E-state index in [0.29, 0.717) is 32.0 Å². The Labute approximate surface area is 148 Å². The zero-order chi connectivity index (χ0) is 17.8. The Morgan fingerprint density at radius 2 is 1.88 bits per heavy atom. The molecule has 1 N–H and O–H groups in total. The number of halogens is 1. The average Bonchev–Trinajstić information content (AvgIpc) is 2.83. The molecule has 2 aliphatic heterocycles. The molecule has 25 heavy (non-hydrogen) atoms. The van der Waals surface area contributed by atoms with Crippen LogP contribution in [0.1, 0.15) is 36.0 Å². The predicted molar refractivity (Wildman–Crippen MR) is 92.9 cm³/mol. The molecule has 0 saturated carbocycles. The van der Waals surface area contributed by atoms with Crippen LogP contribution in [0.4, 0.5) is 4.39 Å². The lowest BCUT2D eigenvalue weighted by molar-refractivity contribution is -0.00758. The number of carbonyl (C=O) groups excluding carboxylic acids is 1. The highest BCUT2D eigenvalue weighted by Gasteiger charge is 2.33. The number of hydrogen-bond acceptors (Lipinski definition) is 4. The molecule has 2 atom stereocenters. The lowest BCUT2D eigenvalue weighted by Gasteiger charge is -2.38. The Morgan fingerprint density at radius 3 is 2.60 bits per heavy atom. The monoisotopic (exact) mass is 350 g/mol. The van der Waals surface area contributed by atoms with Gasteiger partial charge in [0, 0.05) is 38.4 Å². The molecule has 2 fully saturated rings. The highest BCUT2D eigenvalue weighted by Crippen LogP contribution is 2.23. The van der Waals surface area contributed by atoms with Gasteiger partial charge in [-0.25, -0.2) is 4.39 Å². The van der Waals surface area contributed by atoms with Gasteiger partial charge in [-0.1, -0.05) is 12.1 Å². The minimum Gasteiger partial charge on any atom is -0.391 e. The summed E-state index contributed by atoms with van der Waals surface area (Å²) >= 11 is 0. The van der Waals surface area contributed by atoms with E-state index in [1.165, 1.54) is 12.1 Å². The number of aliphatic hydroxyl groups is 1. The van der Waals surface area contributed by atoms with Crippen LogP contribution in [0.5, 0.6) is 0 Å². The standard InChI is InChI=1S/C19H27FN2O3/c1-21(14-8-12-25-13-9-14)17-6-10-22(11-7-18(17)23)19(24)15-4-2-3-5-16(15)20/h2-5,14,17-18,23H,6-13H2,1H3/t17-,18-/m0/s1. The molecule has 0 unspecified atom stereocenters. The lowest BCUT2D eigenvalue weighted by Crippen LogP contribution is -2.48. The fourth-order valence-corrected chi connectivity index (χ4v) is 3.92. The van der Waals surface area contributed by atoms with E-state index in [2.05, 4.69) is 11.9 Å². The van der Waals surface area contributed by atoms with Gasteiger partial charge in [-0.2, -0.15) is 0 Å². The van der Waals surface area contributed by atoms with Gasteiger partial charge in [-0.3, -0.25) is 9.69 Å². The molecule has 1 aromatic rings. The molecule has 3 rings (SSSR count). The Bertz CT molecular complexity index is 592. The molecule has 6 heteroatoms. The second-order valence-electron chi connectivity index (χ2n) is 6.99. The molecule has 2 heterocycles. The largest absolute Gasteiger partial charge is 0.391 e. The number of aliphatic hydroxyl groups excluding tert-OH is 1. The SMILES string of the molecule is CN(C1CCOCC1)[C@H]1CCN(C(=O)c2ccccc2F)CC[C@@H]1O. The zero-order valence-electron chi connectivity index (χ0n) is 14.7. The van der Waals surface area contributed by atoms with Gasteiger partial charge in [0.1, 0.15) is 5.82 Å². The van der Waals surface area contributed by atoms with Crippen LogP contribution >= 0.6 is 0 Å². The van der Waals surface area contributed by atoms with E-state index >= 15 is 0 Å². The van der Waals surface area contributed by atoms with Gasteiger partial charge in [0.15, 0.2) is 0 Å². The normalized spacial score (nSPS) is 25.8. The zero-order valence-corrected chi connectivity index (χ0v) is 14.7. The van der Waals surface area contributed by atoms with Gasteiger partial charge >= 0.3 is 0 Å². The van der Waals surface area contributed by atoms with Crippen molar-refractivity contribution in [2.24, 2.45) is 0 Å². The number of benzene rings is 1. The fraction of sp³-hybridized carbons (Fsp3) is 0.632. The summed E-state index contributed by atoms with van der Waals surface area (Å²) in [6, 6.07) is 6.50. The Balaban J connectivity index is 1.66. The number of hydrogen-bond donors (Lipinski definition) is 1. The minimum absolute atomic E-state index is 0.0153.